The van der Waals surface area contributed by atoms with Gasteiger partial charge in [0.15, 0.2) is 0 Å². The summed E-state index contributed by atoms with van der Waals surface area (Å²) < 4.78 is 5.61. The van der Waals surface area contributed by atoms with E-state index in [1.807, 2.05) is 13.8 Å². The molecule has 1 N–H and O–H groups in total. The van der Waals surface area contributed by atoms with Gasteiger partial charge < -0.3 is 9.84 Å². The molecule has 0 bridgehead atoms. The number of nitro groups is 1. The lowest BCUT2D eigenvalue weighted by Crippen LogP contribution is -2.32. The van der Waals surface area contributed by atoms with Gasteiger partial charge in [-0.15, -0.1) is 0 Å². The highest BCUT2D eigenvalue weighted by Crippen LogP contribution is 2.32. The second-order valence-corrected chi connectivity index (χ2v) is 4.35. The zero-order valence-electron chi connectivity index (χ0n) is 10.1. The van der Waals surface area contributed by atoms with Crippen molar-refractivity contribution in [3.8, 4) is 0 Å². The van der Waals surface area contributed by atoms with Crippen molar-refractivity contribution in [3.05, 3.63) is 40.2 Å². The van der Waals surface area contributed by atoms with E-state index in [9.17, 15) is 15.2 Å². The van der Waals surface area contributed by atoms with Crippen LogP contribution in [0.25, 0.3) is 5.76 Å². The van der Waals surface area contributed by atoms with Gasteiger partial charge in [-0.1, -0.05) is 6.92 Å². The van der Waals surface area contributed by atoms with Crippen molar-refractivity contribution in [2.75, 3.05) is 0 Å². The minimum atomic E-state index is -0.670. The third-order valence-corrected chi connectivity index (χ3v) is 3.18. The first kappa shape index (κ1) is 12.5. The summed E-state index contributed by atoms with van der Waals surface area (Å²) in [4.78, 5) is 14.1. The Morgan fingerprint density at radius 3 is 2.83 bits per heavy atom. The molecule has 96 valence electrons. The number of hydrogen-bond donors (Lipinski definition) is 1. The van der Waals surface area contributed by atoms with Gasteiger partial charge >= 0.3 is 0 Å². The van der Waals surface area contributed by atoms with Crippen molar-refractivity contribution < 1.29 is 14.8 Å². The van der Waals surface area contributed by atoms with Gasteiger partial charge in [-0.2, -0.15) is 0 Å². The fraction of sp³-hybridized carbons (Fsp3) is 0.417. The Labute approximate surface area is 104 Å². The lowest BCUT2D eigenvalue weighted by molar-refractivity contribution is -0.385. The average molecular weight is 250 g/mol. The Balaban J connectivity index is 2.44. The Morgan fingerprint density at radius 1 is 1.50 bits per heavy atom. The minimum Gasteiger partial charge on any atom is -0.490 e. The lowest BCUT2D eigenvalue weighted by Gasteiger charge is -2.30. The van der Waals surface area contributed by atoms with Crippen LogP contribution in [0.1, 0.15) is 19.4 Å². The average Bonchev–Trinajstić information content (AvgIpc) is 2.35. The molecule has 2 heterocycles. The smallest absolute Gasteiger partial charge is 0.298 e. The lowest BCUT2D eigenvalue weighted by atomic mass is 9.94. The number of pyridine rings is 1. The van der Waals surface area contributed by atoms with E-state index >= 15 is 0 Å². The summed E-state index contributed by atoms with van der Waals surface area (Å²) in [5.74, 6) is 0.289. The maximum absolute atomic E-state index is 10.9. The van der Waals surface area contributed by atoms with E-state index in [0.717, 1.165) is 0 Å². The highest BCUT2D eigenvalue weighted by Gasteiger charge is 2.30. The van der Waals surface area contributed by atoms with Crippen molar-refractivity contribution in [1.29, 1.82) is 0 Å². The van der Waals surface area contributed by atoms with Gasteiger partial charge in [0.1, 0.15) is 18.1 Å². The highest BCUT2D eigenvalue weighted by molar-refractivity contribution is 5.68. The number of aliphatic hydroxyl groups excluding tert-OH is 1. The standard InChI is InChI=1S/C12H14N2O4/c1-7-8(2)18-12(5-11(7)15)9-3-4-13-6-10(9)14(16)17/h3-8,11,15H,1-2H3. The van der Waals surface area contributed by atoms with E-state index in [1.165, 1.54) is 24.5 Å². The first-order valence-corrected chi connectivity index (χ1v) is 5.66. The van der Waals surface area contributed by atoms with E-state index in [4.69, 9.17) is 4.74 Å². The first-order valence-electron chi connectivity index (χ1n) is 5.66. The van der Waals surface area contributed by atoms with Gasteiger partial charge in [0, 0.05) is 12.1 Å². The predicted molar refractivity (Wildman–Crippen MR) is 64.6 cm³/mol. The first-order chi connectivity index (χ1) is 8.50. The second kappa shape index (κ2) is 4.73. The van der Waals surface area contributed by atoms with Gasteiger partial charge in [0.05, 0.1) is 16.6 Å². The monoisotopic (exact) mass is 250 g/mol. The quantitative estimate of drug-likeness (QED) is 0.638. The molecule has 6 nitrogen and oxygen atoms in total. The van der Waals surface area contributed by atoms with Gasteiger partial charge in [-0.05, 0) is 19.1 Å². The van der Waals surface area contributed by atoms with Crippen LogP contribution in [0.4, 0.5) is 5.69 Å². The van der Waals surface area contributed by atoms with Crippen LogP contribution in [0, 0.1) is 16.0 Å². The van der Waals surface area contributed by atoms with Crippen LogP contribution in [-0.2, 0) is 4.74 Å². The third kappa shape index (κ3) is 2.19. The molecule has 3 unspecified atom stereocenters. The molecule has 0 spiro atoms. The van der Waals surface area contributed by atoms with Crippen LogP contribution >= 0.6 is 0 Å². The molecule has 0 radical (unpaired) electrons. The van der Waals surface area contributed by atoms with Gasteiger partial charge in [-0.3, -0.25) is 15.1 Å². The molecule has 2 rings (SSSR count). The fourth-order valence-electron chi connectivity index (χ4n) is 1.82. The van der Waals surface area contributed by atoms with Gasteiger partial charge in [0.2, 0.25) is 0 Å². The molecular weight excluding hydrogens is 236 g/mol. The van der Waals surface area contributed by atoms with Crippen LogP contribution in [0.5, 0.6) is 0 Å². The van der Waals surface area contributed by atoms with E-state index in [1.54, 1.807) is 0 Å². The maximum Gasteiger partial charge on any atom is 0.298 e. The summed E-state index contributed by atoms with van der Waals surface area (Å²) >= 11 is 0. The van der Waals surface area contributed by atoms with Crippen molar-refractivity contribution in [3.63, 3.8) is 0 Å². The Kier molecular flexibility index (Phi) is 3.29. The summed E-state index contributed by atoms with van der Waals surface area (Å²) in [5.41, 5.74) is 0.213. The minimum absolute atomic E-state index is 0.0466. The van der Waals surface area contributed by atoms with Crippen molar-refractivity contribution >= 4 is 11.4 Å². The normalized spacial score (nSPS) is 27.3. The van der Waals surface area contributed by atoms with Crippen LogP contribution in [0.3, 0.4) is 0 Å². The molecule has 0 saturated heterocycles. The van der Waals surface area contributed by atoms with E-state index in [-0.39, 0.29) is 17.7 Å². The molecule has 0 saturated carbocycles. The summed E-state index contributed by atoms with van der Waals surface area (Å²) in [5, 5.41) is 20.8. The topological polar surface area (TPSA) is 85.5 Å². The largest absolute Gasteiger partial charge is 0.490 e. The molecular formula is C12H14N2O4. The van der Waals surface area contributed by atoms with E-state index in [2.05, 4.69) is 4.98 Å². The van der Waals surface area contributed by atoms with Crippen molar-refractivity contribution in [2.45, 2.75) is 26.1 Å². The summed E-state index contributed by atoms with van der Waals surface area (Å²) in [6, 6.07) is 1.51. The molecule has 3 atom stereocenters. The fourth-order valence-corrected chi connectivity index (χ4v) is 1.82. The zero-order valence-corrected chi connectivity index (χ0v) is 10.1. The molecule has 1 aromatic heterocycles. The third-order valence-electron chi connectivity index (χ3n) is 3.18. The van der Waals surface area contributed by atoms with Crippen molar-refractivity contribution in [2.24, 2.45) is 5.92 Å². The van der Waals surface area contributed by atoms with Crippen LogP contribution in [0.2, 0.25) is 0 Å². The van der Waals surface area contributed by atoms with Crippen molar-refractivity contribution in [1.82, 2.24) is 4.98 Å². The number of nitrogens with zero attached hydrogens (tertiary/aromatic N) is 2. The predicted octanol–water partition coefficient (Wildman–Crippen LogP) is 1.75. The van der Waals surface area contributed by atoms with E-state index in [0.29, 0.717) is 11.3 Å². The number of aromatic nitrogens is 1. The SMILES string of the molecule is CC1OC(c2ccncc2[N+](=O)[O-])=CC(O)C1C. The molecule has 0 fully saturated rings. The summed E-state index contributed by atoms with van der Waals surface area (Å²) in [7, 11) is 0. The molecule has 1 aliphatic heterocycles. The Bertz CT molecular complexity index is 501. The number of aliphatic hydroxyl groups is 1. The van der Waals surface area contributed by atoms with Gasteiger partial charge in [-0.25, -0.2) is 0 Å². The summed E-state index contributed by atoms with van der Waals surface area (Å²) in [6.45, 7) is 3.69. The maximum atomic E-state index is 10.9. The highest BCUT2D eigenvalue weighted by atomic mass is 16.6. The number of ether oxygens (including phenoxy) is 1. The molecule has 1 aromatic rings. The molecule has 0 aromatic carbocycles. The van der Waals surface area contributed by atoms with Crippen LogP contribution in [0.15, 0.2) is 24.5 Å². The number of hydrogen-bond acceptors (Lipinski definition) is 5. The molecule has 18 heavy (non-hydrogen) atoms. The zero-order chi connectivity index (χ0) is 13.3. The molecule has 6 heteroatoms. The van der Waals surface area contributed by atoms with Crippen LogP contribution in [-0.4, -0.2) is 27.2 Å². The van der Waals surface area contributed by atoms with E-state index < -0.39 is 11.0 Å². The molecule has 0 amide bonds. The Morgan fingerprint density at radius 2 is 2.22 bits per heavy atom. The molecule has 0 aliphatic carbocycles. The molecule has 1 aliphatic rings. The second-order valence-electron chi connectivity index (χ2n) is 4.35. The Hall–Kier alpha value is -1.95. The summed E-state index contributed by atoms with van der Waals surface area (Å²) in [6.07, 6.45) is 3.27. The van der Waals surface area contributed by atoms with Crippen LogP contribution < -0.4 is 0 Å². The number of rotatable bonds is 2. The van der Waals surface area contributed by atoms with Gasteiger partial charge in [0.25, 0.3) is 5.69 Å².